The topological polar surface area (TPSA) is 142 Å². The van der Waals surface area contributed by atoms with Gasteiger partial charge in [-0.3, -0.25) is 15.2 Å². The Hall–Kier alpha value is -4.45. The lowest BCUT2D eigenvalue weighted by molar-refractivity contribution is 0.102. The fraction of sp³-hybridized carbons (Fsp3) is 0.294. The molecule has 0 radical (unpaired) electrons. The number of anilines is 3. The van der Waals surface area contributed by atoms with Crippen LogP contribution in [0.25, 0.3) is 0 Å². The molecular weight excluding hydrogens is 586 g/mol. The van der Waals surface area contributed by atoms with Crippen LogP contribution in [0.5, 0.6) is 5.75 Å². The van der Waals surface area contributed by atoms with Gasteiger partial charge in [-0.2, -0.15) is 0 Å². The molecule has 240 valence electrons. The van der Waals surface area contributed by atoms with E-state index in [9.17, 15) is 4.79 Å². The molecule has 0 saturated heterocycles. The summed E-state index contributed by atoms with van der Waals surface area (Å²) in [6, 6.07) is 19.0. The predicted molar refractivity (Wildman–Crippen MR) is 188 cm³/mol. The largest absolute Gasteiger partial charge is 0.492 e. The van der Waals surface area contributed by atoms with Gasteiger partial charge < -0.3 is 30.1 Å². The van der Waals surface area contributed by atoms with E-state index in [0.29, 0.717) is 35.0 Å². The van der Waals surface area contributed by atoms with Crippen molar-refractivity contribution in [1.82, 2.24) is 4.90 Å². The molecule has 0 heterocycles. The average Bonchev–Trinajstić information content (AvgIpc) is 3.00. The highest BCUT2D eigenvalue weighted by molar-refractivity contribution is 7.99. The van der Waals surface area contributed by atoms with Crippen molar-refractivity contribution in [2.45, 2.75) is 39.7 Å². The first-order chi connectivity index (χ1) is 21.3. The molecule has 0 unspecified atom stereocenters. The summed E-state index contributed by atoms with van der Waals surface area (Å²) >= 11 is 1.44. The molecule has 0 aliphatic carbocycles. The van der Waals surface area contributed by atoms with E-state index in [1.807, 2.05) is 61.7 Å². The molecule has 0 bridgehead atoms. The molecule has 0 aliphatic heterocycles. The van der Waals surface area contributed by atoms with Gasteiger partial charge in [0.2, 0.25) is 0 Å². The second-order valence-corrected chi connectivity index (χ2v) is 12.2. The summed E-state index contributed by atoms with van der Waals surface area (Å²) in [5.74, 6) is 6.82. The van der Waals surface area contributed by atoms with Crippen LogP contribution in [0.2, 0.25) is 0 Å². The van der Waals surface area contributed by atoms with Gasteiger partial charge in [-0.25, -0.2) is 5.84 Å². The number of likely N-dealkylation sites (N-methyl/N-ethyl adjacent to an activating group) is 1. The molecule has 10 nitrogen and oxygen atoms in total. The van der Waals surface area contributed by atoms with Crippen LogP contribution in [0.3, 0.4) is 0 Å². The quantitative estimate of drug-likeness (QED) is 0.0364. The van der Waals surface area contributed by atoms with E-state index in [-0.39, 0.29) is 29.5 Å². The fourth-order valence-electron chi connectivity index (χ4n) is 4.37. The highest BCUT2D eigenvalue weighted by Gasteiger charge is 2.22. The molecule has 11 heteroatoms. The average molecular weight is 632 g/mol. The first-order valence-electron chi connectivity index (χ1n) is 14.3. The van der Waals surface area contributed by atoms with Crippen LogP contribution >= 0.6 is 11.9 Å². The number of hydrogen-bond donors (Lipinski definition) is 5. The minimum atomic E-state index is -0.325. The van der Waals surface area contributed by atoms with Crippen molar-refractivity contribution in [1.29, 1.82) is 5.41 Å². The van der Waals surface area contributed by atoms with Gasteiger partial charge in [0, 0.05) is 25.1 Å². The lowest BCUT2D eigenvalue weighted by Gasteiger charge is -2.25. The Morgan fingerprint density at radius 1 is 1.11 bits per heavy atom. The van der Waals surface area contributed by atoms with E-state index in [1.54, 1.807) is 31.2 Å². The Labute approximate surface area is 271 Å². The Morgan fingerprint density at radius 2 is 1.78 bits per heavy atom. The van der Waals surface area contributed by atoms with Gasteiger partial charge in [-0.1, -0.05) is 75.7 Å². The first kappa shape index (κ1) is 35.0. The second-order valence-electron chi connectivity index (χ2n) is 11.5. The summed E-state index contributed by atoms with van der Waals surface area (Å²) < 4.78 is 14.6. The molecule has 0 saturated carbocycles. The van der Waals surface area contributed by atoms with Crippen molar-refractivity contribution in [3.05, 3.63) is 107 Å². The van der Waals surface area contributed by atoms with Crippen molar-refractivity contribution in [2.24, 2.45) is 11.6 Å². The van der Waals surface area contributed by atoms with Gasteiger partial charge in [-0.15, -0.1) is 0 Å². The Kier molecular flexibility index (Phi) is 12.1. The third-order valence-electron chi connectivity index (χ3n) is 7.14. The fourth-order valence-corrected chi connectivity index (χ4v) is 4.74. The molecule has 0 fully saturated rings. The number of benzene rings is 3. The molecular formula is C34H45N7O3S. The van der Waals surface area contributed by atoms with Crippen LogP contribution in [0.1, 0.15) is 47.8 Å². The number of methoxy groups -OCH3 is 1. The standard InChI is InChI=1S/C34H45N7O3S/c1-22-14-15-25(33(42)38-28-17-26(34(3,4)5)18-29(39-45-8)32(28)43-7)16-30(22)41(37)19-27(35)23(2)40(6)31(36)21-44-20-24-12-10-9-11-13-24/h9-19,36,39H,2,20-21,35,37H2,1,3-8H3,(H,38,42)/b27-19-,36-31?. The van der Waals surface area contributed by atoms with Crippen molar-refractivity contribution in [2.75, 3.05) is 42.1 Å². The number of carbonyl (C=O) groups is 1. The van der Waals surface area contributed by atoms with Crippen LogP contribution in [0.15, 0.2) is 84.8 Å². The normalized spacial score (nSPS) is 11.5. The Balaban J connectivity index is 1.77. The van der Waals surface area contributed by atoms with E-state index in [2.05, 4.69) is 37.4 Å². The van der Waals surface area contributed by atoms with Crippen molar-refractivity contribution < 1.29 is 14.3 Å². The number of rotatable bonds is 13. The number of hydrazine groups is 1. The van der Waals surface area contributed by atoms with Gasteiger partial charge in [0.15, 0.2) is 5.75 Å². The lowest BCUT2D eigenvalue weighted by atomic mass is 9.86. The van der Waals surface area contributed by atoms with Gasteiger partial charge in [0.25, 0.3) is 5.91 Å². The summed E-state index contributed by atoms with van der Waals surface area (Å²) in [4.78, 5) is 15.1. The molecule has 0 atom stereocenters. The maximum Gasteiger partial charge on any atom is 0.255 e. The van der Waals surface area contributed by atoms with Crippen LogP contribution in [0.4, 0.5) is 17.1 Å². The molecule has 3 aromatic carbocycles. The van der Waals surface area contributed by atoms with E-state index >= 15 is 0 Å². The van der Waals surface area contributed by atoms with Crippen molar-refractivity contribution >= 4 is 40.8 Å². The summed E-state index contributed by atoms with van der Waals surface area (Å²) in [6.45, 7) is 12.7. The first-order valence-corrected chi connectivity index (χ1v) is 15.6. The summed E-state index contributed by atoms with van der Waals surface area (Å²) in [6.07, 6.45) is 3.44. The molecule has 45 heavy (non-hydrogen) atoms. The van der Waals surface area contributed by atoms with E-state index in [0.717, 1.165) is 22.4 Å². The lowest BCUT2D eigenvalue weighted by Crippen LogP contribution is -2.33. The SMILES string of the molecule is C=C(/C(N)=C/N(N)c1cc(C(=O)Nc2cc(C(C)(C)C)cc(NSC)c2OC)ccc1C)N(C)C(=N)COCc1ccccc1. The summed E-state index contributed by atoms with van der Waals surface area (Å²) in [7, 11) is 3.27. The van der Waals surface area contributed by atoms with E-state index in [1.165, 1.54) is 23.2 Å². The van der Waals surface area contributed by atoms with Gasteiger partial charge in [0.05, 0.1) is 42.2 Å². The van der Waals surface area contributed by atoms with Gasteiger partial charge in [-0.05, 0) is 53.3 Å². The summed E-state index contributed by atoms with van der Waals surface area (Å²) in [5.41, 5.74) is 12.0. The highest BCUT2D eigenvalue weighted by atomic mass is 32.2. The number of amides is 1. The zero-order valence-corrected chi connectivity index (χ0v) is 28.0. The number of aryl methyl sites for hydroxylation is 1. The number of nitrogens with zero attached hydrogens (tertiary/aromatic N) is 2. The van der Waals surface area contributed by atoms with Crippen molar-refractivity contribution in [3.8, 4) is 5.75 Å². The highest BCUT2D eigenvalue weighted by Crippen LogP contribution is 2.39. The molecule has 0 spiro atoms. The molecule has 3 aromatic rings. The number of ether oxygens (including phenoxy) is 2. The minimum Gasteiger partial charge on any atom is -0.492 e. The zero-order valence-electron chi connectivity index (χ0n) is 27.2. The number of nitrogens with one attached hydrogen (secondary N) is 3. The number of amidine groups is 1. The van der Waals surface area contributed by atoms with Crippen LogP contribution in [-0.2, 0) is 16.8 Å². The molecule has 0 aliphatic rings. The van der Waals surface area contributed by atoms with Crippen LogP contribution in [0, 0.1) is 12.3 Å². The number of nitrogens with two attached hydrogens (primary N) is 2. The van der Waals surface area contributed by atoms with Gasteiger partial charge >= 0.3 is 0 Å². The molecule has 0 aromatic heterocycles. The predicted octanol–water partition coefficient (Wildman–Crippen LogP) is 6.36. The van der Waals surface area contributed by atoms with Crippen molar-refractivity contribution in [3.63, 3.8) is 0 Å². The summed E-state index contributed by atoms with van der Waals surface area (Å²) in [5, 5.41) is 12.8. The third-order valence-corrected chi connectivity index (χ3v) is 7.56. The minimum absolute atomic E-state index is 0.0819. The molecule has 1 amide bonds. The Morgan fingerprint density at radius 3 is 2.40 bits per heavy atom. The Bertz CT molecular complexity index is 1550. The second kappa shape index (κ2) is 15.5. The van der Waals surface area contributed by atoms with Gasteiger partial charge in [0.1, 0.15) is 12.4 Å². The maximum absolute atomic E-state index is 13.5. The van der Waals surface area contributed by atoms with E-state index < -0.39 is 0 Å². The van der Waals surface area contributed by atoms with Crippen LogP contribution < -0.4 is 31.4 Å². The monoisotopic (exact) mass is 631 g/mol. The zero-order chi connectivity index (χ0) is 33.3. The molecule has 7 N–H and O–H groups in total. The maximum atomic E-state index is 13.5. The third kappa shape index (κ3) is 9.27. The van der Waals surface area contributed by atoms with Crippen LogP contribution in [-0.4, -0.2) is 43.7 Å². The smallest absolute Gasteiger partial charge is 0.255 e. The molecule has 3 rings (SSSR count). The number of hydrogen-bond acceptors (Lipinski definition) is 9. The van der Waals surface area contributed by atoms with E-state index in [4.69, 9.17) is 26.5 Å². The number of carbonyl (C=O) groups excluding carboxylic acids is 1.